The highest BCUT2D eigenvalue weighted by molar-refractivity contribution is 5.91. The number of terminal acetylenes is 1. The topological polar surface area (TPSA) is 82.1 Å². The van der Waals surface area contributed by atoms with E-state index >= 15 is 0 Å². The Labute approximate surface area is 134 Å². The first-order valence-electron chi connectivity index (χ1n) is 6.86. The second kappa shape index (κ2) is 11.0. The second-order valence-electron chi connectivity index (χ2n) is 4.43. The maximum absolute atomic E-state index is 11.4. The molecule has 1 aromatic carbocycles. The van der Waals surface area contributed by atoms with Crippen LogP contribution in [0.4, 0.5) is 0 Å². The summed E-state index contributed by atoms with van der Waals surface area (Å²) in [6.07, 6.45) is 5.89. The van der Waals surface area contributed by atoms with Crippen molar-refractivity contribution in [3.05, 3.63) is 48.0 Å². The minimum absolute atomic E-state index is 0.0414. The van der Waals surface area contributed by atoms with Crippen molar-refractivity contribution in [2.75, 3.05) is 19.8 Å². The zero-order chi connectivity index (χ0) is 16.9. The van der Waals surface area contributed by atoms with Gasteiger partial charge in [-0.3, -0.25) is 0 Å². The molecule has 6 nitrogen and oxygen atoms in total. The third-order valence-corrected chi connectivity index (χ3v) is 2.49. The zero-order valence-corrected chi connectivity index (χ0v) is 12.5. The van der Waals surface area contributed by atoms with Gasteiger partial charge in [0.05, 0.1) is 6.61 Å². The van der Waals surface area contributed by atoms with E-state index in [1.54, 1.807) is 0 Å². The van der Waals surface area contributed by atoms with Crippen LogP contribution in [-0.2, 0) is 30.4 Å². The number of esters is 2. The molecule has 6 heteroatoms. The first-order chi connectivity index (χ1) is 11.1. The van der Waals surface area contributed by atoms with E-state index in [4.69, 9.17) is 20.6 Å². The summed E-state index contributed by atoms with van der Waals surface area (Å²) in [6, 6.07) is 9.14. The van der Waals surface area contributed by atoms with Gasteiger partial charge >= 0.3 is 11.9 Å². The van der Waals surface area contributed by atoms with Gasteiger partial charge in [-0.05, 0) is 5.56 Å². The summed E-state index contributed by atoms with van der Waals surface area (Å²) in [6.45, 7) is -0.116. The predicted molar refractivity (Wildman–Crippen MR) is 82.0 cm³/mol. The molecule has 0 radical (unpaired) electrons. The van der Waals surface area contributed by atoms with Crippen molar-refractivity contribution in [2.45, 2.75) is 12.7 Å². The van der Waals surface area contributed by atoms with Crippen molar-refractivity contribution in [3.8, 4) is 12.3 Å². The van der Waals surface area contributed by atoms with Gasteiger partial charge in [0, 0.05) is 12.2 Å². The Morgan fingerprint density at radius 1 is 1.13 bits per heavy atom. The molecule has 0 aliphatic rings. The van der Waals surface area contributed by atoms with Crippen LogP contribution in [0.25, 0.3) is 0 Å². The summed E-state index contributed by atoms with van der Waals surface area (Å²) < 4.78 is 14.6. The van der Waals surface area contributed by atoms with Gasteiger partial charge in [0.2, 0.25) is 0 Å². The lowest BCUT2D eigenvalue weighted by atomic mass is 10.2. The number of ether oxygens (including phenoxy) is 3. The van der Waals surface area contributed by atoms with Crippen molar-refractivity contribution < 1.29 is 28.9 Å². The lowest BCUT2D eigenvalue weighted by Crippen LogP contribution is -2.23. The predicted octanol–water partition coefficient (Wildman–Crippen LogP) is 0.840. The highest BCUT2D eigenvalue weighted by Crippen LogP contribution is 2.01. The standard InChI is InChI=1S/C17H18O6/c1-2-10-21-12-15(18)13-23-17(20)9-8-16(19)22-11-14-6-4-3-5-7-14/h1,3-9,15,18H,10-13H2/b9-8-. The van der Waals surface area contributed by atoms with E-state index < -0.39 is 18.0 Å². The van der Waals surface area contributed by atoms with Crippen molar-refractivity contribution in [2.24, 2.45) is 0 Å². The van der Waals surface area contributed by atoms with E-state index in [1.165, 1.54) is 0 Å². The summed E-state index contributed by atoms with van der Waals surface area (Å²) >= 11 is 0. The molecular weight excluding hydrogens is 300 g/mol. The van der Waals surface area contributed by atoms with Crippen LogP contribution in [0.1, 0.15) is 5.56 Å². The summed E-state index contributed by atoms with van der Waals surface area (Å²) in [5, 5.41) is 9.43. The molecule has 0 heterocycles. The van der Waals surface area contributed by atoms with Crippen LogP contribution in [0, 0.1) is 12.3 Å². The average molecular weight is 318 g/mol. The Kier molecular flexibility index (Phi) is 8.83. The van der Waals surface area contributed by atoms with Gasteiger partial charge in [-0.25, -0.2) is 9.59 Å². The fourth-order valence-corrected chi connectivity index (χ4v) is 1.44. The highest BCUT2D eigenvalue weighted by atomic mass is 16.5. The van der Waals surface area contributed by atoms with E-state index in [-0.39, 0.29) is 26.4 Å². The maximum Gasteiger partial charge on any atom is 0.331 e. The Balaban J connectivity index is 2.21. The number of aliphatic hydroxyl groups is 1. The molecule has 0 saturated carbocycles. The lowest BCUT2D eigenvalue weighted by molar-refractivity contribution is -0.143. The van der Waals surface area contributed by atoms with Crippen LogP contribution in [-0.4, -0.2) is 43.0 Å². The molecule has 0 aliphatic carbocycles. The zero-order valence-electron chi connectivity index (χ0n) is 12.5. The van der Waals surface area contributed by atoms with Crippen LogP contribution in [0.3, 0.4) is 0 Å². The molecule has 0 spiro atoms. The molecule has 23 heavy (non-hydrogen) atoms. The number of aliphatic hydroxyl groups excluding tert-OH is 1. The Bertz CT molecular complexity index is 558. The largest absolute Gasteiger partial charge is 0.460 e. The fourth-order valence-electron chi connectivity index (χ4n) is 1.44. The summed E-state index contributed by atoms with van der Waals surface area (Å²) in [7, 11) is 0. The number of benzene rings is 1. The van der Waals surface area contributed by atoms with Crippen molar-refractivity contribution in [1.82, 2.24) is 0 Å². The third-order valence-electron chi connectivity index (χ3n) is 2.49. The summed E-state index contributed by atoms with van der Waals surface area (Å²) in [5.41, 5.74) is 0.840. The number of hydrogen-bond acceptors (Lipinski definition) is 6. The van der Waals surface area contributed by atoms with Gasteiger partial charge in [0.15, 0.2) is 0 Å². The average Bonchev–Trinajstić information content (AvgIpc) is 2.57. The molecule has 1 N–H and O–H groups in total. The van der Waals surface area contributed by atoms with Crippen LogP contribution >= 0.6 is 0 Å². The first kappa shape index (κ1) is 18.4. The Hall–Kier alpha value is -2.62. The molecule has 1 unspecified atom stereocenters. The smallest absolute Gasteiger partial charge is 0.331 e. The Morgan fingerprint density at radius 3 is 2.43 bits per heavy atom. The molecule has 0 aliphatic heterocycles. The van der Waals surface area contributed by atoms with E-state index in [0.717, 1.165) is 17.7 Å². The minimum atomic E-state index is -0.981. The molecule has 1 aromatic rings. The van der Waals surface area contributed by atoms with E-state index in [0.29, 0.717) is 0 Å². The van der Waals surface area contributed by atoms with Gasteiger partial charge < -0.3 is 19.3 Å². The van der Waals surface area contributed by atoms with E-state index in [1.807, 2.05) is 30.3 Å². The van der Waals surface area contributed by atoms with Gasteiger partial charge in [-0.15, -0.1) is 6.42 Å². The summed E-state index contributed by atoms with van der Waals surface area (Å²) in [4.78, 5) is 22.8. The lowest BCUT2D eigenvalue weighted by Gasteiger charge is -2.09. The van der Waals surface area contributed by atoms with E-state index in [9.17, 15) is 14.7 Å². The molecule has 1 atom stereocenters. The Morgan fingerprint density at radius 2 is 1.78 bits per heavy atom. The number of carbonyl (C=O) groups excluding carboxylic acids is 2. The maximum atomic E-state index is 11.4. The minimum Gasteiger partial charge on any atom is -0.460 e. The van der Waals surface area contributed by atoms with Crippen LogP contribution in [0.5, 0.6) is 0 Å². The van der Waals surface area contributed by atoms with Gasteiger partial charge in [-0.2, -0.15) is 0 Å². The molecule has 122 valence electrons. The molecule has 1 rings (SSSR count). The summed E-state index contributed by atoms with van der Waals surface area (Å²) in [5.74, 6) is 0.811. The number of rotatable bonds is 9. The van der Waals surface area contributed by atoms with Gasteiger partial charge in [0.1, 0.15) is 25.9 Å². The molecular formula is C17H18O6. The molecule has 0 fully saturated rings. The van der Waals surface area contributed by atoms with E-state index in [2.05, 4.69) is 5.92 Å². The highest BCUT2D eigenvalue weighted by Gasteiger charge is 2.07. The number of carbonyl (C=O) groups is 2. The molecule has 0 bridgehead atoms. The SMILES string of the molecule is C#CCOCC(O)COC(=O)/C=C\C(=O)OCc1ccccc1. The quantitative estimate of drug-likeness (QED) is 0.314. The van der Waals surface area contributed by atoms with Gasteiger partial charge in [-0.1, -0.05) is 36.3 Å². The molecule has 0 amide bonds. The van der Waals surface area contributed by atoms with Crippen molar-refractivity contribution in [1.29, 1.82) is 0 Å². The third kappa shape index (κ3) is 9.09. The number of hydrogen-bond donors (Lipinski definition) is 1. The molecule has 0 saturated heterocycles. The normalized spacial score (nSPS) is 11.7. The van der Waals surface area contributed by atoms with Crippen LogP contribution in [0.15, 0.2) is 42.5 Å². The van der Waals surface area contributed by atoms with Gasteiger partial charge in [0.25, 0.3) is 0 Å². The van der Waals surface area contributed by atoms with Crippen LogP contribution in [0.2, 0.25) is 0 Å². The molecule has 0 aromatic heterocycles. The fraction of sp³-hybridized carbons (Fsp3) is 0.294. The van der Waals surface area contributed by atoms with Crippen molar-refractivity contribution in [3.63, 3.8) is 0 Å². The monoisotopic (exact) mass is 318 g/mol. The first-order valence-corrected chi connectivity index (χ1v) is 6.86. The second-order valence-corrected chi connectivity index (χ2v) is 4.43. The van der Waals surface area contributed by atoms with Crippen LogP contribution < -0.4 is 0 Å². The van der Waals surface area contributed by atoms with Crippen molar-refractivity contribution >= 4 is 11.9 Å².